The Kier molecular flexibility index (Phi) is 6.91. The average molecular weight is 282 g/mol. The van der Waals surface area contributed by atoms with Crippen LogP contribution in [0.3, 0.4) is 0 Å². The fraction of sp³-hybridized carbons (Fsp3) is 1.00. The second kappa shape index (κ2) is 7.93. The highest BCUT2D eigenvalue weighted by Crippen LogP contribution is 2.35. The largest absolute Gasteiger partial charge is 0.469 e. The SMILES string of the molecule is O=NCCN(CCOP(=O)(O)O)C1CCOCC1. The second-order valence-corrected chi connectivity index (χ2v) is 5.30. The molecule has 1 aliphatic rings. The summed E-state index contributed by atoms with van der Waals surface area (Å²) in [4.78, 5) is 29.3. The number of nitroso groups, excluding NO2 is 1. The van der Waals surface area contributed by atoms with Gasteiger partial charge in [0.2, 0.25) is 0 Å². The Balaban J connectivity index is 2.38. The van der Waals surface area contributed by atoms with E-state index in [2.05, 4.69) is 9.70 Å². The number of rotatable bonds is 8. The summed E-state index contributed by atoms with van der Waals surface area (Å²) >= 11 is 0. The summed E-state index contributed by atoms with van der Waals surface area (Å²) < 4.78 is 20.2. The van der Waals surface area contributed by atoms with Crippen molar-refractivity contribution >= 4 is 7.82 Å². The number of phosphoric acid groups is 1. The fourth-order valence-corrected chi connectivity index (χ4v) is 2.29. The predicted molar refractivity (Wildman–Crippen MR) is 64.1 cm³/mol. The summed E-state index contributed by atoms with van der Waals surface area (Å²) in [7, 11) is -4.42. The highest BCUT2D eigenvalue weighted by Gasteiger charge is 2.22. The Bertz CT molecular complexity index is 291. The fourth-order valence-electron chi connectivity index (χ4n) is 1.97. The van der Waals surface area contributed by atoms with Crippen molar-refractivity contribution in [2.45, 2.75) is 18.9 Å². The van der Waals surface area contributed by atoms with E-state index in [1.165, 1.54) is 0 Å². The van der Waals surface area contributed by atoms with Gasteiger partial charge in [-0.05, 0) is 12.8 Å². The lowest BCUT2D eigenvalue weighted by atomic mass is 10.1. The molecule has 0 unspecified atom stereocenters. The summed E-state index contributed by atoms with van der Waals surface area (Å²) in [5.74, 6) is 0. The minimum absolute atomic E-state index is 0.0690. The molecule has 8 nitrogen and oxygen atoms in total. The minimum Gasteiger partial charge on any atom is -0.381 e. The topological polar surface area (TPSA) is 109 Å². The smallest absolute Gasteiger partial charge is 0.381 e. The molecule has 9 heteroatoms. The Labute approximate surface area is 105 Å². The molecule has 106 valence electrons. The van der Waals surface area contributed by atoms with E-state index in [1.54, 1.807) is 0 Å². The van der Waals surface area contributed by atoms with Crippen LogP contribution in [0.4, 0.5) is 0 Å². The molecule has 1 fully saturated rings. The van der Waals surface area contributed by atoms with E-state index in [-0.39, 0.29) is 19.2 Å². The van der Waals surface area contributed by atoms with Crippen LogP contribution < -0.4 is 0 Å². The van der Waals surface area contributed by atoms with Gasteiger partial charge in [-0.2, -0.15) is 4.91 Å². The van der Waals surface area contributed by atoms with Crippen LogP contribution in [-0.2, 0) is 13.8 Å². The number of ether oxygens (including phenoxy) is 1. The highest BCUT2D eigenvalue weighted by atomic mass is 31.2. The van der Waals surface area contributed by atoms with Crippen LogP contribution in [0.2, 0.25) is 0 Å². The van der Waals surface area contributed by atoms with Crippen LogP contribution in [0.15, 0.2) is 5.18 Å². The highest BCUT2D eigenvalue weighted by molar-refractivity contribution is 7.46. The van der Waals surface area contributed by atoms with E-state index in [0.29, 0.717) is 26.3 Å². The van der Waals surface area contributed by atoms with E-state index < -0.39 is 7.82 Å². The van der Waals surface area contributed by atoms with Gasteiger partial charge in [0.05, 0.1) is 13.2 Å². The molecule has 0 radical (unpaired) electrons. The van der Waals surface area contributed by atoms with Crippen LogP contribution in [-0.4, -0.2) is 60.2 Å². The van der Waals surface area contributed by atoms with Crippen LogP contribution in [0.25, 0.3) is 0 Å². The normalized spacial score (nSPS) is 18.2. The van der Waals surface area contributed by atoms with Gasteiger partial charge in [0.25, 0.3) is 0 Å². The zero-order valence-corrected chi connectivity index (χ0v) is 11.0. The molecule has 0 atom stereocenters. The standard InChI is InChI=1S/C9H19N2O6P/c12-10-3-4-11(5-8-17-18(13,14)15)9-1-6-16-7-2-9/h9H,1-8H2,(H2,13,14,15). The van der Waals surface area contributed by atoms with Crippen molar-refractivity contribution in [2.75, 3.05) is 39.5 Å². The zero-order chi connectivity index (χ0) is 13.4. The molecule has 0 aromatic carbocycles. The monoisotopic (exact) mass is 282 g/mol. The number of hydrogen-bond donors (Lipinski definition) is 2. The molecule has 0 saturated carbocycles. The lowest BCUT2D eigenvalue weighted by Crippen LogP contribution is -2.42. The molecule has 0 bridgehead atoms. The van der Waals surface area contributed by atoms with Gasteiger partial charge in [-0.3, -0.25) is 9.42 Å². The van der Waals surface area contributed by atoms with Crippen molar-refractivity contribution in [1.82, 2.24) is 4.90 Å². The van der Waals surface area contributed by atoms with Gasteiger partial charge < -0.3 is 14.5 Å². The molecule has 0 aromatic rings. The van der Waals surface area contributed by atoms with Gasteiger partial charge in [0.1, 0.15) is 0 Å². The number of nitrogens with zero attached hydrogens (tertiary/aromatic N) is 2. The first-order valence-corrected chi connectivity index (χ1v) is 7.37. The first-order valence-electron chi connectivity index (χ1n) is 5.84. The van der Waals surface area contributed by atoms with E-state index >= 15 is 0 Å². The predicted octanol–water partition coefficient (Wildman–Crippen LogP) is 0.343. The molecule has 0 spiro atoms. The Morgan fingerprint density at radius 3 is 2.56 bits per heavy atom. The molecule has 0 aliphatic carbocycles. The molecule has 1 heterocycles. The molecule has 0 aromatic heterocycles. The molecule has 1 aliphatic heterocycles. The third-order valence-corrected chi connectivity index (χ3v) is 3.34. The molecule has 2 N–H and O–H groups in total. The van der Waals surface area contributed by atoms with Crippen molar-refractivity contribution in [3.05, 3.63) is 4.91 Å². The molecule has 18 heavy (non-hydrogen) atoms. The van der Waals surface area contributed by atoms with E-state index in [4.69, 9.17) is 14.5 Å². The Morgan fingerprint density at radius 1 is 1.33 bits per heavy atom. The van der Waals surface area contributed by atoms with Crippen LogP contribution >= 0.6 is 7.82 Å². The first kappa shape index (κ1) is 15.7. The van der Waals surface area contributed by atoms with Crippen molar-refractivity contribution in [2.24, 2.45) is 5.18 Å². The van der Waals surface area contributed by atoms with Gasteiger partial charge in [-0.15, -0.1) is 0 Å². The van der Waals surface area contributed by atoms with Gasteiger partial charge in [-0.1, -0.05) is 5.18 Å². The molecule has 1 rings (SSSR count). The molecular weight excluding hydrogens is 263 g/mol. The first-order chi connectivity index (χ1) is 8.53. The summed E-state index contributed by atoms with van der Waals surface area (Å²) in [5.41, 5.74) is 0. The van der Waals surface area contributed by atoms with Crippen LogP contribution in [0.1, 0.15) is 12.8 Å². The molecule has 0 amide bonds. The van der Waals surface area contributed by atoms with Crippen molar-refractivity contribution < 1.29 is 23.6 Å². The van der Waals surface area contributed by atoms with E-state index in [9.17, 15) is 9.47 Å². The van der Waals surface area contributed by atoms with Crippen molar-refractivity contribution in [3.63, 3.8) is 0 Å². The third kappa shape index (κ3) is 6.53. The van der Waals surface area contributed by atoms with E-state index in [1.807, 2.05) is 4.90 Å². The maximum absolute atomic E-state index is 10.6. The quantitative estimate of drug-likeness (QED) is 0.488. The second-order valence-electron chi connectivity index (χ2n) is 4.06. The van der Waals surface area contributed by atoms with Crippen molar-refractivity contribution in [1.29, 1.82) is 0 Å². The number of hydrogen-bond acceptors (Lipinski definition) is 6. The lowest BCUT2D eigenvalue weighted by molar-refractivity contribution is 0.0289. The van der Waals surface area contributed by atoms with Gasteiger partial charge in [0.15, 0.2) is 0 Å². The summed E-state index contributed by atoms with van der Waals surface area (Å²) in [6, 6.07) is 0.251. The zero-order valence-electron chi connectivity index (χ0n) is 10.1. The number of phosphoric ester groups is 1. The average Bonchev–Trinajstić information content (AvgIpc) is 2.33. The van der Waals surface area contributed by atoms with Gasteiger partial charge in [0, 0.05) is 32.3 Å². The lowest BCUT2D eigenvalue weighted by Gasteiger charge is -2.33. The van der Waals surface area contributed by atoms with Crippen LogP contribution in [0, 0.1) is 4.91 Å². The summed E-state index contributed by atoms with van der Waals surface area (Å²) in [6.45, 7) is 2.25. The Morgan fingerprint density at radius 2 is 2.00 bits per heavy atom. The Hall–Kier alpha value is -0.370. The maximum atomic E-state index is 10.6. The minimum atomic E-state index is -4.42. The van der Waals surface area contributed by atoms with Gasteiger partial charge >= 0.3 is 7.82 Å². The van der Waals surface area contributed by atoms with Crippen LogP contribution in [0.5, 0.6) is 0 Å². The third-order valence-electron chi connectivity index (χ3n) is 2.82. The molecular formula is C9H19N2O6P. The summed E-state index contributed by atoms with van der Waals surface area (Å²) in [6.07, 6.45) is 1.68. The van der Waals surface area contributed by atoms with Gasteiger partial charge in [-0.25, -0.2) is 4.57 Å². The summed E-state index contributed by atoms with van der Waals surface area (Å²) in [5, 5.41) is 2.81. The van der Waals surface area contributed by atoms with Crippen molar-refractivity contribution in [3.8, 4) is 0 Å². The molecule has 1 saturated heterocycles. The van der Waals surface area contributed by atoms with E-state index in [0.717, 1.165) is 12.8 Å². The maximum Gasteiger partial charge on any atom is 0.469 e.